The van der Waals surface area contributed by atoms with E-state index < -0.39 is 0 Å². The molecule has 1 saturated heterocycles. The van der Waals surface area contributed by atoms with E-state index in [1.807, 2.05) is 29.2 Å². The predicted octanol–water partition coefficient (Wildman–Crippen LogP) is 1.24. The van der Waals surface area contributed by atoms with Gasteiger partial charge in [-0.25, -0.2) is 0 Å². The molecule has 1 fully saturated rings. The molecule has 24 heavy (non-hydrogen) atoms. The molecule has 1 aromatic carbocycles. The number of aliphatic hydroxyl groups excluding tert-OH is 2. The van der Waals surface area contributed by atoms with Gasteiger partial charge >= 0.3 is 0 Å². The summed E-state index contributed by atoms with van der Waals surface area (Å²) in [6.07, 6.45) is 0.836. The number of hydrogen-bond donors (Lipinski definition) is 2. The zero-order valence-electron chi connectivity index (χ0n) is 14.8. The number of hydrogen-bond acceptors (Lipinski definition) is 4. The van der Waals surface area contributed by atoms with E-state index in [1.54, 1.807) is 0 Å². The molecule has 0 spiro atoms. The molecule has 0 saturated carbocycles. The second-order valence-electron chi connectivity index (χ2n) is 6.54. The monoisotopic (exact) mass is 334 g/mol. The Hall–Kier alpha value is -1.43. The number of nitrogens with zero attached hydrogens (tertiary/aromatic N) is 2. The van der Waals surface area contributed by atoms with Gasteiger partial charge in [-0.3, -0.25) is 4.79 Å². The van der Waals surface area contributed by atoms with Gasteiger partial charge in [0, 0.05) is 44.3 Å². The lowest BCUT2D eigenvalue weighted by molar-refractivity contribution is 0.0777. The van der Waals surface area contributed by atoms with Gasteiger partial charge in [-0.1, -0.05) is 32.0 Å². The van der Waals surface area contributed by atoms with Crippen molar-refractivity contribution in [3.63, 3.8) is 0 Å². The summed E-state index contributed by atoms with van der Waals surface area (Å²) in [6.45, 7) is 7.94. The van der Waals surface area contributed by atoms with Gasteiger partial charge in [-0.15, -0.1) is 0 Å². The van der Waals surface area contributed by atoms with Gasteiger partial charge in [0.2, 0.25) is 0 Å². The molecule has 0 radical (unpaired) electrons. The number of likely N-dealkylation sites (tertiary alicyclic amines) is 1. The maximum atomic E-state index is 12.9. The fraction of sp³-hybridized carbons (Fsp3) is 0.632. The van der Waals surface area contributed by atoms with Gasteiger partial charge < -0.3 is 20.0 Å². The van der Waals surface area contributed by atoms with E-state index in [1.165, 1.54) is 0 Å². The lowest BCUT2D eigenvalue weighted by Gasteiger charge is -2.25. The van der Waals surface area contributed by atoms with Crippen molar-refractivity contribution in [2.45, 2.75) is 20.3 Å². The van der Waals surface area contributed by atoms with E-state index in [0.29, 0.717) is 19.6 Å². The molecule has 0 bridgehead atoms. The van der Waals surface area contributed by atoms with Gasteiger partial charge in [-0.05, 0) is 30.5 Å². The number of carbonyl (C=O) groups excluding carboxylic acids is 1. The SMILES string of the molecule is CCc1ccccc1C(=O)N1C[C@@H](CN(CC)CCO)[C@@H](CO)C1. The molecular weight excluding hydrogens is 304 g/mol. The van der Waals surface area contributed by atoms with E-state index in [-0.39, 0.29) is 31.0 Å². The Morgan fingerprint density at radius 3 is 2.54 bits per heavy atom. The highest BCUT2D eigenvalue weighted by Crippen LogP contribution is 2.26. The predicted molar refractivity (Wildman–Crippen MR) is 95.0 cm³/mol. The van der Waals surface area contributed by atoms with Crippen LogP contribution in [0.25, 0.3) is 0 Å². The number of amides is 1. The Balaban J connectivity index is 2.08. The first-order chi connectivity index (χ1) is 11.6. The minimum atomic E-state index is 0.0682. The van der Waals surface area contributed by atoms with Gasteiger partial charge in [0.05, 0.1) is 6.61 Å². The Labute approximate surface area is 144 Å². The Morgan fingerprint density at radius 2 is 1.92 bits per heavy atom. The maximum absolute atomic E-state index is 12.9. The van der Waals surface area contributed by atoms with Crippen LogP contribution in [0.15, 0.2) is 24.3 Å². The summed E-state index contributed by atoms with van der Waals surface area (Å²) in [7, 11) is 0. The number of carbonyl (C=O) groups is 1. The molecule has 1 amide bonds. The highest BCUT2D eigenvalue weighted by atomic mass is 16.3. The summed E-state index contributed by atoms with van der Waals surface area (Å²) in [5, 5.41) is 18.9. The van der Waals surface area contributed by atoms with Crippen LogP contribution < -0.4 is 0 Å². The van der Waals surface area contributed by atoms with E-state index in [9.17, 15) is 9.90 Å². The third kappa shape index (κ3) is 4.35. The third-order valence-corrected chi connectivity index (χ3v) is 5.08. The van der Waals surface area contributed by atoms with Crippen LogP contribution in [0.4, 0.5) is 0 Å². The fourth-order valence-corrected chi connectivity index (χ4v) is 3.58. The molecule has 0 aromatic heterocycles. The fourth-order valence-electron chi connectivity index (χ4n) is 3.58. The number of aliphatic hydroxyl groups is 2. The Bertz CT molecular complexity index is 535. The van der Waals surface area contributed by atoms with Crippen molar-refractivity contribution in [2.24, 2.45) is 11.8 Å². The summed E-state index contributed by atoms with van der Waals surface area (Å²) in [6, 6.07) is 7.77. The normalized spacial score (nSPS) is 20.8. The van der Waals surface area contributed by atoms with Crippen molar-refractivity contribution in [1.29, 1.82) is 0 Å². The van der Waals surface area contributed by atoms with Crippen molar-refractivity contribution < 1.29 is 15.0 Å². The van der Waals surface area contributed by atoms with Crippen LogP contribution in [-0.4, -0.2) is 71.9 Å². The van der Waals surface area contributed by atoms with E-state index in [2.05, 4.69) is 18.7 Å². The third-order valence-electron chi connectivity index (χ3n) is 5.08. The smallest absolute Gasteiger partial charge is 0.254 e. The topological polar surface area (TPSA) is 64.0 Å². The van der Waals surface area contributed by atoms with Crippen LogP contribution in [-0.2, 0) is 6.42 Å². The summed E-state index contributed by atoms with van der Waals surface area (Å²) < 4.78 is 0. The number of likely N-dealkylation sites (N-methyl/N-ethyl adjacent to an activating group) is 1. The molecule has 1 heterocycles. The van der Waals surface area contributed by atoms with Gasteiger partial charge in [0.15, 0.2) is 0 Å². The van der Waals surface area contributed by atoms with E-state index >= 15 is 0 Å². The molecule has 5 nitrogen and oxygen atoms in total. The van der Waals surface area contributed by atoms with E-state index in [0.717, 1.165) is 30.6 Å². The minimum absolute atomic E-state index is 0.0682. The van der Waals surface area contributed by atoms with Gasteiger partial charge in [-0.2, -0.15) is 0 Å². The Morgan fingerprint density at radius 1 is 1.21 bits per heavy atom. The molecule has 1 aliphatic rings. The lowest BCUT2D eigenvalue weighted by Crippen LogP contribution is -2.36. The molecule has 1 aromatic rings. The lowest BCUT2D eigenvalue weighted by atomic mass is 9.96. The van der Waals surface area contributed by atoms with E-state index in [4.69, 9.17) is 5.11 Å². The zero-order valence-corrected chi connectivity index (χ0v) is 14.8. The van der Waals surface area contributed by atoms with Crippen molar-refractivity contribution >= 4 is 5.91 Å². The van der Waals surface area contributed by atoms with Crippen LogP contribution >= 0.6 is 0 Å². The molecule has 1 aliphatic heterocycles. The molecule has 0 unspecified atom stereocenters. The first kappa shape index (κ1) is 18.9. The minimum Gasteiger partial charge on any atom is -0.396 e. The average molecular weight is 334 g/mol. The molecule has 2 N–H and O–H groups in total. The van der Waals surface area contributed by atoms with Crippen LogP contribution in [0.5, 0.6) is 0 Å². The van der Waals surface area contributed by atoms with Gasteiger partial charge in [0.25, 0.3) is 5.91 Å². The molecule has 5 heteroatoms. The highest BCUT2D eigenvalue weighted by Gasteiger charge is 2.36. The largest absolute Gasteiger partial charge is 0.396 e. The molecule has 2 atom stereocenters. The van der Waals surface area contributed by atoms with Crippen LogP contribution in [0.1, 0.15) is 29.8 Å². The summed E-state index contributed by atoms with van der Waals surface area (Å²) >= 11 is 0. The summed E-state index contributed by atoms with van der Waals surface area (Å²) in [4.78, 5) is 17.0. The molecular formula is C19H30N2O3. The summed E-state index contributed by atoms with van der Waals surface area (Å²) in [5.74, 6) is 0.424. The van der Waals surface area contributed by atoms with Crippen molar-refractivity contribution in [1.82, 2.24) is 9.80 Å². The number of aryl methyl sites for hydroxylation is 1. The van der Waals surface area contributed by atoms with Crippen molar-refractivity contribution in [3.05, 3.63) is 35.4 Å². The maximum Gasteiger partial charge on any atom is 0.254 e. The van der Waals surface area contributed by atoms with Crippen LogP contribution in [0.2, 0.25) is 0 Å². The number of rotatable bonds is 8. The summed E-state index contributed by atoms with van der Waals surface area (Å²) in [5.41, 5.74) is 1.85. The first-order valence-corrected chi connectivity index (χ1v) is 8.95. The van der Waals surface area contributed by atoms with Crippen LogP contribution in [0.3, 0.4) is 0 Å². The number of benzene rings is 1. The molecule has 2 rings (SSSR count). The Kier molecular flexibility index (Phi) is 7.21. The zero-order chi connectivity index (χ0) is 17.5. The first-order valence-electron chi connectivity index (χ1n) is 8.95. The second-order valence-corrected chi connectivity index (χ2v) is 6.54. The second kappa shape index (κ2) is 9.16. The standard InChI is InChI=1S/C19H30N2O3/c1-3-15-7-5-6-8-18(15)19(24)21-12-16(17(13-21)14-23)11-20(4-2)9-10-22/h5-8,16-17,22-23H,3-4,9-14H2,1-2H3/t16-,17-/m1/s1. The quantitative estimate of drug-likeness (QED) is 0.751. The highest BCUT2D eigenvalue weighted by molar-refractivity contribution is 5.95. The van der Waals surface area contributed by atoms with Gasteiger partial charge in [0.1, 0.15) is 0 Å². The average Bonchev–Trinajstić information content (AvgIpc) is 3.03. The van der Waals surface area contributed by atoms with Crippen molar-refractivity contribution in [3.8, 4) is 0 Å². The van der Waals surface area contributed by atoms with Crippen LogP contribution in [0, 0.1) is 11.8 Å². The molecule has 134 valence electrons. The van der Waals surface area contributed by atoms with Crippen molar-refractivity contribution in [2.75, 3.05) is 45.9 Å². The molecule has 0 aliphatic carbocycles.